The molecule has 0 atom stereocenters. The van der Waals surface area contributed by atoms with Gasteiger partial charge in [0.25, 0.3) is 11.8 Å². The zero-order chi connectivity index (χ0) is 19.1. The van der Waals surface area contributed by atoms with E-state index in [2.05, 4.69) is 10.6 Å². The van der Waals surface area contributed by atoms with Crippen molar-refractivity contribution in [3.05, 3.63) is 63.6 Å². The van der Waals surface area contributed by atoms with Crippen molar-refractivity contribution in [3.63, 3.8) is 0 Å². The number of hydrogen-bond acceptors (Lipinski definition) is 4. The molecule has 2 amide bonds. The molecule has 6 nitrogen and oxygen atoms in total. The summed E-state index contributed by atoms with van der Waals surface area (Å²) in [5.41, 5.74) is 0.604. The fourth-order valence-electron chi connectivity index (χ4n) is 2.09. The van der Waals surface area contributed by atoms with Gasteiger partial charge in [0.1, 0.15) is 5.75 Å². The van der Waals surface area contributed by atoms with Gasteiger partial charge in [0.05, 0.1) is 10.6 Å². The van der Waals surface area contributed by atoms with E-state index in [1.165, 1.54) is 25.1 Å². The topological polar surface area (TPSA) is 84.5 Å². The van der Waals surface area contributed by atoms with Crippen molar-refractivity contribution in [2.75, 3.05) is 13.1 Å². The molecule has 26 heavy (non-hydrogen) atoms. The van der Waals surface area contributed by atoms with E-state index < -0.39 is 5.97 Å². The first-order valence-electron chi connectivity index (χ1n) is 7.67. The molecule has 2 rings (SSSR count). The van der Waals surface area contributed by atoms with E-state index in [0.717, 1.165) is 0 Å². The van der Waals surface area contributed by atoms with Crippen LogP contribution in [0.2, 0.25) is 10.0 Å². The minimum atomic E-state index is -0.468. The highest BCUT2D eigenvalue weighted by Crippen LogP contribution is 2.20. The second kappa shape index (κ2) is 9.22. The lowest BCUT2D eigenvalue weighted by Gasteiger charge is -2.09. The van der Waals surface area contributed by atoms with Gasteiger partial charge < -0.3 is 15.4 Å². The van der Waals surface area contributed by atoms with Crippen molar-refractivity contribution in [2.45, 2.75) is 6.92 Å². The molecule has 0 unspecified atom stereocenters. The Morgan fingerprint density at radius 1 is 0.962 bits per heavy atom. The Kier molecular flexibility index (Phi) is 7.00. The van der Waals surface area contributed by atoms with Crippen LogP contribution in [-0.2, 0) is 4.79 Å². The summed E-state index contributed by atoms with van der Waals surface area (Å²) in [6.45, 7) is 1.69. The molecule has 2 N–H and O–H groups in total. The summed E-state index contributed by atoms with van der Waals surface area (Å²) in [6, 6.07) is 10.8. The van der Waals surface area contributed by atoms with Crippen LogP contribution in [0, 0.1) is 0 Å². The fourth-order valence-corrected chi connectivity index (χ4v) is 2.46. The van der Waals surface area contributed by atoms with Crippen LogP contribution in [0.4, 0.5) is 0 Å². The number of benzene rings is 2. The monoisotopic (exact) mass is 394 g/mol. The Bertz CT molecular complexity index is 840. The lowest BCUT2D eigenvalue weighted by molar-refractivity contribution is -0.131. The Balaban J connectivity index is 1.84. The van der Waals surface area contributed by atoms with Crippen LogP contribution in [0.15, 0.2) is 42.5 Å². The molecule has 136 valence electrons. The number of carbonyl (C=O) groups excluding carboxylic acids is 3. The average molecular weight is 395 g/mol. The number of halogens is 2. The highest BCUT2D eigenvalue weighted by Gasteiger charge is 2.11. The predicted octanol–water partition coefficient (Wildman–Crippen LogP) is 3.08. The van der Waals surface area contributed by atoms with E-state index in [-0.39, 0.29) is 36.2 Å². The first-order chi connectivity index (χ1) is 12.4. The molecular weight excluding hydrogens is 379 g/mol. The van der Waals surface area contributed by atoms with E-state index in [4.69, 9.17) is 27.9 Å². The van der Waals surface area contributed by atoms with Crippen LogP contribution in [0.3, 0.4) is 0 Å². The van der Waals surface area contributed by atoms with Gasteiger partial charge in [-0.2, -0.15) is 0 Å². The molecule has 2 aromatic rings. The number of hydrogen-bond donors (Lipinski definition) is 2. The van der Waals surface area contributed by atoms with Crippen molar-refractivity contribution < 1.29 is 19.1 Å². The zero-order valence-electron chi connectivity index (χ0n) is 13.8. The van der Waals surface area contributed by atoms with Crippen LogP contribution in [-0.4, -0.2) is 30.9 Å². The lowest BCUT2D eigenvalue weighted by Crippen LogP contribution is -2.34. The SMILES string of the molecule is CC(=O)Oc1cccc(C(=O)NCCNC(=O)c2cc(Cl)ccc2Cl)c1. The van der Waals surface area contributed by atoms with Crippen molar-refractivity contribution in [3.8, 4) is 5.75 Å². The van der Waals surface area contributed by atoms with Gasteiger partial charge in [0, 0.05) is 30.6 Å². The molecule has 0 aliphatic rings. The maximum atomic E-state index is 12.1. The first-order valence-corrected chi connectivity index (χ1v) is 8.42. The summed E-state index contributed by atoms with van der Waals surface area (Å²) >= 11 is 11.8. The molecule has 2 aromatic carbocycles. The number of nitrogens with one attached hydrogen (secondary N) is 2. The summed E-state index contributed by atoms with van der Waals surface area (Å²) in [6.07, 6.45) is 0. The number of rotatable bonds is 6. The molecule has 0 bridgehead atoms. The van der Waals surface area contributed by atoms with E-state index in [1.54, 1.807) is 24.3 Å². The smallest absolute Gasteiger partial charge is 0.308 e. The fraction of sp³-hybridized carbons (Fsp3) is 0.167. The Hall–Kier alpha value is -2.57. The van der Waals surface area contributed by atoms with Crippen LogP contribution >= 0.6 is 23.2 Å². The van der Waals surface area contributed by atoms with Gasteiger partial charge >= 0.3 is 5.97 Å². The highest BCUT2D eigenvalue weighted by molar-refractivity contribution is 6.35. The molecular formula is C18H16Cl2N2O4. The third kappa shape index (κ3) is 5.75. The molecule has 0 saturated heterocycles. The van der Waals surface area contributed by atoms with Gasteiger partial charge in [-0.05, 0) is 36.4 Å². The molecule has 0 saturated carbocycles. The highest BCUT2D eigenvalue weighted by atomic mass is 35.5. The summed E-state index contributed by atoms with van der Waals surface area (Å²) in [4.78, 5) is 35.1. The normalized spacial score (nSPS) is 10.1. The number of amides is 2. The van der Waals surface area contributed by atoms with Crippen molar-refractivity contribution in [1.82, 2.24) is 10.6 Å². The largest absolute Gasteiger partial charge is 0.427 e. The van der Waals surface area contributed by atoms with Crippen molar-refractivity contribution >= 4 is 41.0 Å². The van der Waals surface area contributed by atoms with Gasteiger partial charge in [-0.1, -0.05) is 29.3 Å². The van der Waals surface area contributed by atoms with E-state index >= 15 is 0 Å². The van der Waals surface area contributed by atoms with Gasteiger partial charge in [-0.3, -0.25) is 14.4 Å². The number of carbonyl (C=O) groups is 3. The summed E-state index contributed by atoms with van der Waals surface area (Å²) in [5.74, 6) is -0.920. The van der Waals surface area contributed by atoms with Crippen LogP contribution < -0.4 is 15.4 Å². The molecule has 0 aromatic heterocycles. The Morgan fingerprint density at radius 3 is 2.35 bits per heavy atom. The molecule has 0 aliphatic heterocycles. The third-order valence-corrected chi connectivity index (χ3v) is 3.79. The van der Waals surface area contributed by atoms with Crippen LogP contribution in [0.5, 0.6) is 5.75 Å². The minimum Gasteiger partial charge on any atom is -0.427 e. The van der Waals surface area contributed by atoms with Gasteiger partial charge in [0.15, 0.2) is 0 Å². The van der Waals surface area contributed by atoms with E-state index in [1.807, 2.05) is 0 Å². The maximum absolute atomic E-state index is 12.1. The summed E-state index contributed by atoms with van der Waals surface area (Å²) < 4.78 is 4.93. The number of esters is 1. The second-order valence-electron chi connectivity index (χ2n) is 5.26. The van der Waals surface area contributed by atoms with Gasteiger partial charge in [0.2, 0.25) is 0 Å². The zero-order valence-corrected chi connectivity index (χ0v) is 15.4. The Labute approximate surface area is 160 Å². The quantitative estimate of drug-likeness (QED) is 0.447. The summed E-state index contributed by atoms with van der Waals surface area (Å²) in [7, 11) is 0. The molecule has 8 heteroatoms. The third-order valence-electron chi connectivity index (χ3n) is 3.23. The second-order valence-corrected chi connectivity index (χ2v) is 6.10. The Morgan fingerprint density at radius 2 is 1.65 bits per heavy atom. The van der Waals surface area contributed by atoms with Crippen LogP contribution in [0.1, 0.15) is 27.6 Å². The lowest BCUT2D eigenvalue weighted by atomic mass is 10.2. The van der Waals surface area contributed by atoms with Gasteiger partial charge in [-0.25, -0.2) is 0 Å². The predicted molar refractivity (Wildman–Crippen MR) is 98.9 cm³/mol. The standard InChI is InChI=1S/C18H16Cl2N2O4/c1-11(23)26-14-4-2-3-12(9-14)17(24)21-7-8-22-18(25)15-10-13(19)5-6-16(15)20/h2-6,9-10H,7-8H2,1H3,(H,21,24)(H,22,25). The maximum Gasteiger partial charge on any atom is 0.308 e. The minimum absolute atomic E-state index is 0.205. The number of ether oxygens (including phenoxy) is 1. The molecule has 0 heterocycles. The summed E-state index contributed by atoms with van der Waals surface area (Å²) in [5, 5.41) is 6.00. The molecule has 0 aliphatic carbocycles. The van der Waals surface area contributed by atoms with Crippen LogP contribution in [0.25, 0.3) is 0 Å². The van der Waals surface area contributed by atoms with E-state index in [0.29, 0.717) is 15.6 Å². The van der Waals surface area contributed by atoms with Crippen molar-refractivity contribution in [1.29, 1.82) is 0 Å². The first kappa shape index (κ1) is 19.8. The molecule has 0 radical (unpaired) electrons. The van der Waals surface area contributed by atoms with Gasteiger partial charge in [-0.15, -0.1) is 0 Å². The van der Waals surface area contributed by atoms with Crippen molar-refractivity contribution in [2.24, 2.45) is 0 Å². The molecule has 0 spiro atoms. The molecule has 0 fully saturated rings. The van der Waals surface area contributed by atoms with E-state index in [9.17, 15) is 14.4 Å². The average Bonchev–Trinajstić information content (AvgIpc) is 2.60.